The molecule has 0 radical (unpaired) electrons. The number of nitrogens with one attached hydrogen (secondary N) is 1. The number of hydrogen-bond acceptors (Lipinski definition) is 4. The lowest BCUT2D eigenvalue weighted by atomic mass is 10.0. The van der Waals surface area contributed by atoms with E-state index in [2.05, 4.69) is 17.4 Å². The van der Waals surface area contributed by atoms with E-state index in [1.54, 1.807) is 0 Å². The zero-order chi connectivity index (χ0) is 15.5. The SMILES string of the molecule is CCCCCN(CN=O)C(=O)[C@H](CC(C)C)NC(C)=O. The van der Waals surface area contributed by atoms with E-state index >= 15 is 0 Å². The standard InChI is InChI=1S/C14H27N3O3/c1-5-6-7-8-17(10-15-20)14(19)13(9-11(2)3)16-12(4)18/h11,13H,5-10H2,1-4H3,(H,16,18)/t13-/m0/s1. The highest BCUT2D eigenvalue weighted by Crippen LogP contribution is 2.09. The number of amides is 2. The van der Waals surface area contributed by atoms with Crippen molar-refractivity contribution in [3.8, 4) is 0 Å². The zero-order valence-electron chi connectivity index (χ0n) is 13.0. The minimum atomic E-state index is -0.573. The van der Waals surface area contributed by atoms with Crippen LogP contribution < -0.4 is 5.32 Å². The molecule has 0 heterocycles. The molecule has 1 N–H and O–H groups in total. The van der Waals surface area contributed by atoms with E-state index < -0.39 is 6.04 Å². The van der Waals surface area contributed by atoms with Crippen LogP contribution in [0.3, 0.4) is 0 Å². The maximum atomic E-state index is 12.4. The summed E-state index contributed by atoms with van der Waals surface area (Å²) in [7, 11) is 0. The van der Waals surface area contributed by atoms with Gasteiger partial charge in [-0.05, 0) is 23.9 Å². The Morgan fingerprint density at radius 1 is 1.25 bits per heavy atom. The molecule has 0 spiro atoms. The molecule has 1 atom stereocenters. The minimum absolute atomic E-state index is 0.156. The molecule has 6 heteroatoms. The van der Waals surface area contributed by atoms with Gasteiger partial charge < -0.3 is 10.2 Å². The number of carbonyl (C=O) groups is 2. The molecule has 116 valence electrons. The number of hydrogen-bond donors (Lipinski definition) is 1. The van der Waals surface area contributed by atoms with E-state index in [1.807, 2.05) is 13.8 Å². The van der Waals surface area contributed by atoms with Gasteiger partial charge in [-0.1, -0.05) is 33.6 Å². The monoisotopic (exact) mass is 285 g/mol. The molecule has 6 nitrogen and oxygen atoms in total. The van der Waals surface area contributed by atoms with Crippen LogP contribution in [0.25, 0.3) is 0 Å². The summed E-state index contributed by atoms with van der Waals surface area (Å²) in [6.07, 6.45) is 3.43. The lowest BCUT2D eigenvalue weighted by molar-refractivity contribution is -0.136. The Hall–Kier alpha value is -1.46. The number of rotatable bonds is 10. The van der Waals surface area contributed by atoms with Crippen LogP contribution in [0.2, 0.25) is 0 Å². The quantitative estimate of drug-likeness (QED) is 0.494. The lowest BCUT2D eigenvalue weighted by Crippen LogP contribution is -2.49. The van der Waals surface area contributed by atoms with Crippen LogP contribution in [-0.2, 0) is 9.59 Å². The second kappa shape index (κ2) is 10.3. The summed E-state index contributed by atoms with van der Waals surface area (Å²) in [4.78, 5) is 35.5. The van der Waals surface area contributed by atoms with Crippen molar-refractivity contribution in [1.29, 1.82) is 0 Å². The van der Waals surface area contributed by atoms with Crippen LogP contribution in [0.15, 0.2) is 5.18 Å². The van der Waals surface area contributed by atoms with E-state index in [0.717, 1.165) is 19.3 Å². The number of unbranched alkanes of at least 4 members (excludes halogenated alkanes) is 2. The van der Waals surface area contributed by atoms with Crippen LogP contribution in [0.5, 0.6) is 0 Å². The van der Waals surface area contributed by atoms with Gasteiger partial charge >= 0.3 is 0 Å². The molecule has 0 aromatic heterocycles. The third kappa shape index (κ3) is 7.86. The predicted molar refractivity (Wildman–Crippen MR) is 79.0 cm³/mol. The molecule has 0 aromatic carbocycles. The van der Waals surface area contributed by atoms with Crippen molar-refractivity contribution >= 4 is 11.8 Å². The average Bonchev–Trinajstić information content (AvgIpc) is 2.35. The highest BCUT2D eigenvalue weighted by atomic mass is 16.3. The highest BCUT2D eigenvalue weighted by Gasteiger charge is 2.25. The first-order valence-electron chi connectivity index (χ1n) is 7.27. The van der Waals surface area contributed by atoms with Crippen molar-refractivity contribution in [3.63, 3.8) is 0 Å². The topological polar surface area (TPSA) is 78.8 Å². The highest BCUT2D eigenvalue weighted by molar-refractivity contribution is 5.86. The summed E-state index contributed by atoms with van der Waals surface area (Å²) in [6.45, 7) is 7.79. The molecule has 0 bridgehead atoms. The van der Waals surface area contributed by atoms with Gasteiger partial charge in [0.15, 0.2) is 6.67 Å². The van der Waals surface area contributed by atoms with Crippen LogP contribution in [-0.4, -0.2) is 36.0 Å². The fourth-order valence-electron chi connectivity index (χ4n) is 2.03. The van der Waals surface area contributed by atoms with Gasteiger partial charge in [0.1, 0.15) is 6.04 Å². The van der Waals surface area contributed by atoms with Crippen molar-refractivity contribution in [2.75, 3.05) is 13.2 Å². The summed E-state index contributed by atoms with van der Waals surface area (Å²) < 4.78 is 0. The largest absolute Gasteiger partial charge is 0.345 e. The van der Waals surface area contributed by atoms with Crippen molar-refractivity contribution in [2.24, 2.45) is 11.1 Å². The van der Waals surface area contributed by atoms with Gasteiger partial charge in [0.05, 0.1) is 0 Å². The van der Waals surface area contributed by atoms with E-state index in [0.29, 0.717) is 13.0 Å². The van der Waals surface area contributed by atoms with Gasteiger partial charge in [0.2, 0.25) is 11.8 Å². The van der Waals surface area contributed by atoms with Crippen molar-refractivity contribution in [1.82, 2.24) is 10.2 Å². The summed E-state index contributed by atoms with van der Waals surface area (Å²) >= 11 is 0. The second-order valence-electron chi connectivity index (χ2n) is 5.46. The van der Waals surface area contributed by atoms with Crippen LogP contribution in [0.4, 0.5) is 0 Å². The normalized spacial score (nSPS) is 12.1. The molecule has 0 saturated heterocycles. The Kier molecular flexibility index (Phi) is 9.59. The first kappa shape index (κ1) is 18.5. The Bertz CT molecular complexity index is 319. The van der Waals surface area contributed by atoms with Gasteiger partial charge in [0.25, 0.3) is 0 Å². The first-order chi connectivity index (χ1) is 9.42. The Balaban J connectivity index is 4.74. The van der Waals surface area contributed by atoms with Crippen LogP contribution in [0, 0.1) is 10.8 Å². The van der Waals surface area contributed by atoms with Gasteiger partial charge in [-0.25, -0.2) is 0 Å². The van der Waals surface area contributed by atoms with E-state index in [4.69, 9.17) is 0 Å². The lowest BCUT2D eigenvalue weighted by Gasteiger charge is -2.26. The van der Waals surface area contributed by atoms with Gasteiger partial charge in [-0.3, -0.25) is 9.59 Å². The van der Waals surface area contributed by atoms with Gasteiger partial charge in [0, 0.05) is 13.5 Å². The predicted octanol–water partition coefficient (Wildman–Crippen LogP) is 2.28. The first-order valence-corrected chi connectivity index (χ1v) is 7.27. The van der Waals surface area contributed by atoms with E-state index in [-0.39, 0.29) is 24.4 Å². The molecule has 0 aromatic rings. The van der Waals surface area contributed by atoms with Crippen molar-refractivity contribution in [2.45, 2.75) is 59.4 Å². The van der Waals surface area contributed by atoms with E-state index in [1.165, 1.54) is 11.8 Å². The van der Waals surface area contributed by atoms with Crippen molar-refractivity contribution in [3.05, 3.63) is 4.91 Å². The Morgan fingerprint density at radius 3 is 2.35 bits per heavy atom. The summed E-state index contributed by atoms with van der Waals surface area (Å²) in [5, 5.41) is 5.49. The number of carbonyl (C=O) groups excluding carboxylic acids is 2. The molecule has 0 fully saturated rings. The molecule has 0 aliphatic rings. The van der Waals surface area contributed by atoms with Crippen LogP contribution in [0.1, 0.15) is 53.4 Å². The molecular weight excluding hydrogens is 258 g/mol. The zero-order valence-corrected chi connectivity index (χ0v) is 13.0. The third-order valence-electron chi connectivity index (χ3n) is 2.95. The van der Waals surface area contributed by atoms with Crippen LogP contribution >= 0.6 is 0 Å². The fraction of sp³-hybridized carbons (Fsp3) is 0.857. The van der Waals surface area contributed by atoms with Gasteiger partial charge in [-0.2, -0.15) is 0 Å². The number of nitroso groups, excluding NO2 is 1. The smallest absolute Gasteiger partial charge is 0.246 e. The third-order valence-corrected chi connectivity index (χ3v) is 2.95. The molecule has 0 rings (SSSR count). The molecular formula is C14H27N3O3. The Labute approximate surface area is 121 Å². The maximum Gasteiger partial charge on any atom is 0.246 e. The summed E-state index contributed by atoms with van der Waals surface area (Å²) in [5.74, 6) is -0.182. The number of nitrogens with zero attached hydrogens (tertiary/aromatic N) is 2. The molecule has 0 aliphatic heterocycles. The summed E-state index contributed by atoms with van der Waals surface area (Å²) in [6, 6.07) is -0.573. The molecule has 0 unspecified atom stereocenters. The average molecular weight is 285 g/mol. The molecule has 0 saturated carbocycles. The molecule has 20 heavy (non-hydrogen) atoms. The van der Waals surface area contributed by atoms with E-state index in [9.17, 15) is 14.5 Å². The van der Waals surface area contributed by atoms with Gasteiger partial charge in [-0.15, -0.1) is 4.91 Å². The molecule has 0 aliphatic carbocycles. The Morgan fingerprint density at radius 2 is 1.90 bits per heavy atom. The minimum Gasteiger partial charge on any atom is -0.345 e. The second-order valence-corrected chi connectivity index (χ2v) is 5.46. The molecule has 2 amide bonds. The maximum absolute atomic E-state index is 12.4. The summed E-state index contributed by atoms with van der Waals surface area (Å²) in [5.41, 5.74) is 0. The fourth-order valence-corrected chi connectivity index (χ4v) is 2.03. The van der Waals surface area contributed by atoms with Crippen molar-refractivity contribution < 1.29 is 9.59 Å².